The third-order valence-electron chi connectivity index (χ3n) is 2.65. The molecule has 8 nitrogen and oxygen atoms in total. The smallest absolute Gasteiger partial charge is 0.339 e. The summed E-state index contributed by atoms with van der Waals surface area (Å²) in [6.45, 7) is 3.98. The number of pyridine rings is 1. The van der Waals surface area contributed by atoms with E-state index in [1.165, 1.54) is 11.3 Å². The fourth-order valence-electron chi connectivity index (χ4n) is 1.53. The van der Waals surface area contributed by atoms with Crippen LogP contribution in [0.15, 0.2) is 17.6 Å². The van der Waals surface area contributed by atoms with Gasteiger partial charge in [0.25, 0.3) is 5.69 Å². The van der Waals surface area contributed by atoms with E-state index >= 15 is 0 Å². The minimum absolute atomic E-state index is 0.0257. The molecule has 0 unspecified atom stereocenters. The zero-order chi connectivity index (χ0) is 15.6. The van der Waals surface area contributed by atoms with Gasteiger partial charge in [0.2, 0.25) is 0 Å². The number of nitro groups is 1. The molecule has 0 aromatic carbocycles. The lowest BCUT2D eigenvalue weighted by molar-refractivity contribution is -0.385. The van der Waals surface area contributed by atoms with Crippen LogP contribution >= 0.6 is 11.3 Å². The van der Waals surface area contributed by atoms with Gasteiger partial charge >= 0.3 is 5.97 Å². The monoisotopic (exact) mass is 308 g/mol. The van der Waals surface area contributed by atoms with Gasteiger partial charge in [-0.3, -0.25) is 10.1 Å². The third kappa shape index (κ3) is 3.31. The molecule has 0 saturated heterocycles. The minimum atomic E-state index is -1.30. The number of hydrogen-bond donors (Lipinski definition) is 2. The average molecular weight is 308 g/mol. The standard InChI is InChI=1S/C12H12N4O4S/c1-6(2)9-5-21-12(14-9)15-10-8(11(17)18)3-7(4-13-10)16(19)20/h3-6H,1-2H3,(H,17,18)(H,13,14,15). The minimum Gasteiger partial charge on any atom is -0.478 e. The van der Waals surface area contributed by atoms with Crippen molar-refractivity contribution in [2.24, 2.45) is 0 Å². The summed E-state index contributed by atoms with van der Waals surface area (Å²) in [5.41, 5.74) is 0.228. The Balaban J connectivity index is 2.34. The van der Waals surface area contributed by atoms with Crippen molar-refractivity contribution in [3.63, 3.8) is 0 Å². The van der Waals surface area contributed by atoms with Gasteiger partial charge in [-0.15, -0.1) is 11.3 Å². The maximum atomic E-state index is 11.2. The van der Waals surface area contributed by atoms with Crippen molar-refractivity contribution in [2.45, 2.75) is 19.8 Å². The van der Waals surface area contributed by atoms with Gasteiger partial charge in [-0.25, -0.2) is 14.8 Å². The van der Waals surface area contributed by atoms with Gasteiger partial charge in [0, 0.05) is 11.4 Å². The maximum Gasteiger partial charge on any atom is 0.339 e. The van der Waals surface area contributed by atoms with E-state index in [-0.39, 0.29) is 23.0 Å². The Bertz CT molecular complexity index is 698. The average Bonchev–Trinajstić information content (AvgIpc) is 2.87. The zero-order valence-electron chi connectivity index (χ0n) is 11.2. The third-order valence-corrected chi connectivity index (χ3v) is 3.43. The van der Waals surface area contributed by atoms with Gasteiger partial charge in [-0.2, -0.15) is 0 Å². The number of carboxylic acid groups (broad SMARTS) is 1. The number of rotatable bonds is 5. The van der Waals surface area contributed by atoms with Crippen molar-refractivity contribution in [3.8, 4) is 0 Å². The molecule has 0 spiro atoms. The van der Waals surface area contributed by atoms with Crippen LogP contribution in [0, 0.1) is 10.1 Å². The van der Waals surface area contributed by atoms with Gasteiger partial charge in [-0.1, -0.05) is 13.8 Å². The number of carbonyl (C=O) groups is 1. The summed E-state index contributed by atoms with van der Waals surface area (Å²) in [7, 11) is 0. The molecule has 2 aromatic rings. The Morgan fingerprint density at radius 1 is 1.52 bits per heavy atom. The first-order valence-electron chi connectivity index (χ1n) is 5.98. The van der Waals surface area contributed by atoms with Crippen LogP contribution < -0.4 is 5.32 Å². The number of anilines is 2. The van der Waals surface area contributed by atoms with Crippen LogP contribution in [-0.2, 0) is 0 Å². The van der Waals surface area contributed by atoms with Crippen LogP contribution in [0.4, 0.5) is 16.6 Å². The van der Waals surface area contributed by atoms with Crippen LogP contribution in [0.25, 0.3) is 0 Å². The second kappa shape index (κ2) is 5.83. The van der Waals surface area contributed by atoms with Gasteiger partial charge < -0.3 is 10.4 Å². The highest BCUT2D eigenvalue weighted by Gasteiger charge is 2.18. The van der Waals surface area contributed by atoms with Crippen molar-refractivity contribution >= 4 is 33.9 Å². The molecule has 0 aliphatic rings. The summed E-state index contributed by atoms with van der Waals surface area (Å²) in [5.74, 6) is -1.02. The number of hydrogen-bond acceptors (Lipinski definition) is 7. The molecule has 0 bridgehead atoms. The van der Waals surface area contributed by atoms with Gasteiger partial charge in [-0.05, 0) is 5.92 Å². The van der Waals surface area contributed by atoms with Crippen molar-refractivity contribution in [1.29, 1.82) is 0 Å². The summed E-state index contributed by atoms with van der Waals surface area (Å²) < 4.78 is 0. The van der Waals surface area contributed by atoms with Crippen molar-refractivity contribution in [2.75, 3.05) is 5.32 Å². The molecule has 2 rings (SSSR count). The Hall–Kier alpha value is -2.55. The van der Waals surface area contributed by atoms with E-state index in [1.807, 2.05) is 19.2 Å². The molecule has 0 fully saturated rings. The van der Waals surface area contributed by atoms with Gasteiger partial charge in [0.05, 0.1) is 10.6 Å². The zero-order valence-corrected chi connectivity index (χ0v) is 12.0. The van der Waals surface area contributed by atoms with E-state index < -0.39 is 10.9 Å². The Labute approximate surface area is 123 Å². The number of nitrogens with zero attached hydrogens (tertiary/aromatic N) is 3. The molecule has 0 atom stereocenters. The van der Waals surface area contributed by atoms with Gasteiger partial charge in [0.15, 0.2) is 5.13 Å². The Morgan fingerprint density at radius 2 is 2.24 bits per heavy atom. The predicted octanol–water partition coefficient (Wildman–Crippen LogP) is 3.01. The van der Waals surface area contributed by atoms with Crippen LogP contribution in [0.2, 0.25) is 0 Å². The number of thiazole rings is 1. The Morgan fingerprint density at radius 3 is 2.76 bits per heavy atom. The Kier molecular flexibility index (Phi) is 4.13. The lowest BCUT2D eigenvalue weighted by Gasteiger charge is -2.05. The predicted molar refractivity (Wildman–Crippen MR) is 77.3 cm³/mol. The second-order valence-electron chi connectivity index (χ2n) is 4.51. The van der Waals surface area contributed by atoms with Crippen molar-refractivity contribution in [3.05, 3.63) is 39.0 Å². The van der Waals surface area contributed by atoms with E-state index in [4.69, 9.17) is 5.11 Å². The molecular weight excluding hydrogens is 296 g/mol. The molecule has 2 N–H and O–H groups in total. The highest BCUT2D eigenvalue weighted by atomic mass is 32.1. The molecular formula is C12H12N4O4S. The quantitative estimate of drug-likeness (QED) is 0.643. The normalized spacial score (nSPS) is 10.6. The summed E-state index contributed by atoms with van der Waals surface area (Å²) in [6.07, 6.45) is 1.01. The SMILES string of the molecule is CC(C)c1csc(Nc2ncc([N+](=O)[O-])cc2C(=O)O)n1. The van der Waals surface area contributed by atoms with Crippen molar-refractivity contribution in [1.82, 2.24) is 9.97 Å². The summed E-state index contributed by atoms with van der Waals surface area (Å²) in [5, 5.41) is 24.9. The van der Waals surface area contributed by atoms with E-state index in [0.29, 0.717) is 5.13 Å². The molecule has 0 amide bonds. The highest BCUT2D eigenvalue weighted by Crippen LogP contribution is 2.26. The fourth-order valence-corrected chi connectivity index (χ4v) is 2.40. The molecule has 0 aliphatic heterocycles. The molecule has 0 aliphatic carbocycles. The van der Waals surface area contributed by atoms with E-state index in [2.05, 4.69) is 15.3 Å². The molecule has 0 saturated carbocycles. The lowest BCUT2D eigenvalue weighted by Crippen LogP contribution is -2.06. The largest absolute Gasteiger partial charge is 0.478 e. The molecule has 2 aromatic heterocycles. The maximum absolute atomic E-state index is 11.2. The van der Waals surface area contributed by atoms with Gasteiger partial charge in [0.1, 0.15) is 17.6 Å². The topological polar surface area (TPSA) is 118 Å². The number of aromatic nitrogens is 2. The molecule has 110 valence electrons. The highest BCUT2D eigenvalue weighted by molar-refractivity contribution is 7.13. The van der Waals surface area contributed by atoms with E-state index in [9.17, 15) is 14.9 Å². The summed E-state index contributed by atoms with van der Waals surface area (Å²) in [4.78, 5) is 29.3. The first kappa shape index (κ1) is 14.9. The van der Waals surface area contributed by atoms with Crippen LogP contribution in [0.1, 0.15) is 35.8 Å². The summed E-state index contributed by atoms with van der Waals surface area (Å²) in [6, 6.07) is 0.967. The fraction of sp³-hybridized carbons (Fsp3) is 0.250. The van der Waals surface area contributed by atoms with Crippen molar-refractivity contribution < 1.29 is 14.8 Å². The molecule has 9 heteroatoms. The first-order valence-corrected chi connectivity index (χ1v) is 6.86. The second-order valence-corrected chi connectivity index (χ2v) is 5.37. The van der Waals surface area contributed by atoms with E-state index in [0.717, 1.165) is 18.0 Å². The summed E-state index contributed by atoms with van der Waals surface area (Å²) >= 11 is 1.31. The molecule has 0 radical (unpaired) electrons. The van der Waals surface area contributed by atoms with Crippen LogP contribution in [-0.4, -0.2) is 26.0 Å². The molecule has 2 heterocycles. The number of nitrogens with one attached hydrogen (secondary N) is 1. The number of carboxylic acids is 1. The first-order chi connectivity index (χ1) is 9.88. The van der Waals surface area contributed by atoms with Crippen LogP contribution in [0.5, 0.6) is 0 Å². The van der Waals surface area contributed by atoms with E-state index in [1.54, 1.807) is 0 Å². The number of aromatic carboxylic acids is 1. The molecule has 21 heavy (non-hydrogen) atoms. The lowest BCUT2D eigenvalue weighted by atomic mass is 10.2. The van der Waals surface area contributed by atoms with Crippen LogP contribution in [0.3, 0.4) is 0 Å².